The van der Waals surface area contributed by atoms with Crippen LogP contribution in [0.3, 0.4) is 0 Å². The fourth-order valence-electron chi connectivity index (χ4n) is 2.23. The third-order valence-electron chi connectivity index (χ3n) is 3.24. The second-order valence-corrected chi connectivity index (χ2v) is 5.06. The average molecular weight is 221 g/mol. The molecule has 2 heteroatoms. The van der Waals surface area contributed by atoms with E-state index in [1.165, 1.54) is 16.7 Å². The molecule has 0 saturated heterocycles. The van der Waals surface area contributed by atoms with Crippen molar-refractivity contribution in [1.29, 1.82) is 0 Å². The fourth-order valence-corrected chi connectivity index (χ4v) is 2.23. The lowest BCUT2D eigenvalue weighted by molar-refractivity contribution is 0.409. The van der Waals surface area contributed by atoms with Crippen LogP contribution in [0.15, 0.2) is 12.1 Å². The Morgan fingerprint density at radius 2 is 1.81 bits per heavy atom. The third-order valence-corrected chi connectivity index (χ3v) is 3.24. The number of aryl methyl sites for hydroxylation is 2. The van der Waals surface area contributed by atoms with Crippen LogP contribution < -0.4 is 10.5 Å². The van der Waals surface area contributed by atoms with E-state index >= 15 is 0 Å². The minimum Gasteiger partial charge on any atom is -0.496 e. The summed E-state index contributed by atoms with van der Waals surface area (Å²) in [5, 5.41) is 0. The van der Waals surface area contributed by atoms with Gasteiger partial charge in [-0.2, -0.15) is 0 Å². The van der Waals surface area contributed by atoms with E-state index in [1.807, 2.05) is 0 Å². The predicted octanol–water partition coefficient (Wildman–Crippen LogP) is 2.94. The first-order chi connectivity index (χ1) is 7.42. The number of nitrogens with two attached hydrogens (primary N) is 1. The van der Waals surface area contributed by atoms with Gasteiger partial charge in [-0.15, -0.1) is 0 Å². The number of hydrogen-bond acceptors (Lipinski definition) is 2. The van der Waals surface area contributed by atoms with Gasteiger partial charge >= 0.3 is 0 Å². The van der Waals surface area contributed by atoms with Crippen molar-refractivity contribution in [3.63, 3.8) is 0 Å². The van der Waals surface area contributed by atoms with Gasteiger partial charge in [-0.1, -0.05) is 19.9 Å². The SMILES string of the molecule is COc1cc(C)c(C(C)(C)CCN)cc1C. The van der Waals surface area contributed by atoms with E-state index in [4.69, 9.17) is 10.5 Å². The van der Waals surface area contributed by atoms with Crippen LogP contribution in [0.1, 0.15) is 37.0 Å². The summed E-state index contributed by atoms with van der Waals surface area (Å²) in [6, 6.07) is 4.34. The van der Waals surface area contributed by atoms with Crippen molar-refractivity contribution in [1.82, 2.24) is 0 Å². The number of ether oxygens (including phenoxy) is 1. The molecule has 0 heterocycles. The normalized spacial score (nSPS) is 11.6. The monoisotopic (exact) mass is 221 g/mol. The van der Waals surface area contributed by atoms with E-state index < -0.39 is 0 Å². The second kappa shape index (κ2) is 4.88. The van der Waals surface area contributed by atoms with Crippen LogP contribution in [0.5, 0.6) is 5.75 Å². The van der Waals surface area contributed by atoms with Gasteiger partial charge in [0, 0.05) is 0 Å². The molecule has 0 unspecified atom stereocenters. The minimum absolute atomic E-state index is 0.135. The maximum Gasteiger partial charge on any atom is 0.122 e. The van der Waals surface area contributed by atoms with Gasteiger partial charge in [0.05, 0.1) is 7.11 Å². The van der Waals surface area contributed by atoms with Crippen LogP contribution in [0.25, 0.3) is 0 Å². The van der Waals surface area contributed by atoms with Crippen molar-refractivity contribution in [2.24, 2.45) is 5.73 Å². The van der Waals surface area contributed by atoms with Gasteiger partial charge in [0.25, 0.3) is 0 Å². The topological polar surface area (TPSA) is 35.2 Å². The molecule has 0 saturated carbocycles. The summed E-state index contributed by atoms with van der Waals surface area (Å²) in [7, 11) is 1.71. The summed E-state index contributed by atoms with van der Waals surface area (Å²) in [6.45, 7) is 9.43. The number of benzene rings is 1. The molecule has 0 atom stereocenters. The Bertz CT molecular complexity index is 369. The van der Waals surface area contributed by atoms with E-state index in [0.717, 1.165) is 18.7 Å². The summed E-state index contributed by atoms with van der Waals surface area (Å²) >= 11 is 0. The molecule has 0 bridgehead atoms. The Kier molecular flexibility index (Phi) is 3.98. The highest BCUT2D eigenvalue weighted by molar-refractivity contribution is 5.44. The van der Waals surface area contributed by atoms with Crippen LogP contribution in [-0.4, -0.2) is 13.7 Å². The molecular formula is C14H23NO. The van der Waals surface area contributed by atoms with Gasteiger partial charge in [0.2, 0.25) is 0 Å². The minimum atomic E-state index is 0.135. The fraction of sp³-hybridized carbons (Fsp3) is 0.571. The van der Waals surface area contributed by atoms with Crippen LogP contribution in [-0.2, 0) is 5.41 Å². The highest BCUT2D eigenvalue weighted by Crippen LogP contribution is 2.33. The van der Waals surface area contributed by atoms with E-state index in [2.05, 4.69) is 39.8 Å². The summed E-state index contributed by atoms with van der Waals surface area (Å²) in [5.74, 6) is 0.963. The Hall–Kier alpha value is -1.02. The lowest BCUT2D eigenvalue weighted by atomic mass is 9.78. The Morgan fingerprint density at radius 1 is 1.19 bits per heavy atom. The van der Waals surface area contributed by atoms with Gasteiger partial charge in [-0.05, 0) is 55.0 Å². The maximum atomic E-state index is 5.67. The molecular weight excluding hydrogens is 198 g/mol. The van der Waals surface area contributed by atoms with Crippen LogP contribution >= 0.6 is 0 Å². The summed E-state index contributed by atoms with van der Waals surface area (Å²) < 4.78 is 5.33. The van der Waals surface area contributed by atoms with E-state index in [-0.39, 0.29) is 5.41 Å². The van der Waals surface area contributed by atoms with E-state index in [9.17, 15) is 0 Å². The second-order valence-electron chi connectivity index (χ2n) is 5.06. The summed E-state index contributed by atoms with van der Waals surface area (Å²) in [6.07, 6.45) is 1.000. The van der Waals surface area contributed by atoms with Crippen LogP contribution in [0.2, 0.25) is 0 Å². The molecule has 1 aromatic carbocycles. The van der Waals surface area contributed by atoms with Crippen LogP contribution in [0.4, 0.5) is 0 Å². The van der Waals surface area contributed by atoms with Gasteiger partial charge in [-0.25, -0.2) is 0 Å². The Balaban J connectivity index is 3.20. The van der Waals surface area contributed by atoms with Crippen molar-refractivity contribution in [2.45, 2.75) is 39.5 Å². The summed E-state index contributed by atoms with van der Waals surface area (Å²) in [4.78, 5) is 0. The highest BCUT2D eigenvalue weighted by Gasteiger charge is 2.22. The zero-order valence-corrected chi connectivity index (χ0v) is 11.1. The van der Waals surface area contributed by atoms with Crippen molar-refractivity contribution in [3.8, 4) is 5.75 Å². The molecule has 0 aliphatic carbocycles. The van der Waals surface area contributed by atoms with Crippen molar-refractivity contribution in [3.05, 3.63) is 28.8 Å². The van der Waals surface area contributed by atoms with Crippen molar-refractivity contribution >= 4 is 0 Å². The zero-order valence-electron chi connectivity index (χ0n) is 11.1. The first kappa shape index (κ1) is 13.0. The molecule has 0 radical (unpaired) electrons. The molecule has 16 heavy (non-hydrogen) atoms. The van der Waals surface area contributed by atoms with Gasteiger partial charge in [0.1, 0.15) is 5.75 Å². The lowest BCUT2D eigenvalue weighted by Crippen LogP contribution is -2.23. The molecule has 0 fully saturated rings. The molecule has 0 aliphatic rings. The molecule has 0 aliphatic heterocycles. The highest BCUT2D eigenvalue weighted by atomic mass is 16.5. The molecule has 0 aromatic heterocycles. The third kappa shape index (κ3) is 2.56. The quantitative estimate of drug-likeness (QED) is 0.848. The average Bonchev–Trinajstić information content (AvgIpc) is 2.20. The van der Waals surface area contributed by atoms with Gasteiger partial charge < -0.3 is 10.5 Å². The standard InChI is InChI=1S/C14H23NO/c1-10-9-13(16-5)11(2)8-12(10)14(3,4)6-7-15/h8-9H,6-7,15H2,1-5H3. The molecule has 90 valence electrons. The molecule has 1 aromatic rings. The number of methoxy groups -OCH3 is 1. The Morgan fingerprint density at radius 3 is 2.31 bits per heavy atom. The van der Waals surface area contributed by atoms with Crippen LogP contribution in [0, 0.1) is 13.8 Å². The smallest absolute Gasteiger partial charge is 0.122 e. The first-order valence-corrected chi connectivity index (χ1v) is 5.78. The molecule has 0 spiro atoms. The maximum absolute atomic E-state index is 5.67. The lowest BCUT2D eigenvalue weighted by Gasteiger charge is -2.27. The number of hydrogen-bond donors (Lipinski definition) is 1. The largest absolute Gasteiger partial charge is 0.496 e. The molecule has 2 N–H and O–H groups in total. The van der Waals surface area contributed by atoms with Gasteiger partial charge in [0.15, 0.2) is 0 Å². The predicted molar refractivity (Wildman–Crippen MR) is 69.2 cm³/mol. The van der Waals surface area contributed by atoms with Crippen molar-refractivity contribution in [2.75, 3.05) is 13.7 Å². The van der Waals surface area contributed by atoms with Gasteiger partial charge in [-0.3, -0.25) is 0 Å². The first-order valence-electron chi connectivity index (χ1n) is 5.78. The number of rotatable bonds is 4. The molecule has 1 rings (SSSR count). The Labute approximate surface area is 98.8 Å². The summed E-state index contributed by atoms with van der Waals surface area (Å²) in [5.41, 5.74) is 9.64. The molecule has 0 amide bonds. The van der Waals surface area contributed by atoms with E-state index in [0.29, 0.717) is 0 Å². The zero-order chi connectivity index (χ0) is 12.3. The van der Waals surface area contributed by atoms with Crippen molar-refractivity contribution < 1.29 is 4.74 Å². The molecule has 2 nitrogen and oxygen atoms in total. The van der Waals surface area contributed by atoms with E-state index in [1.54, 1.807) is 7.11 Å².